The van der Waals surface area contributed by atoms with Crippen molar-refractivity contribution >= 4 is 11.8 Å². The van der Waals surface area contributed by atoms with Crippen molar-refractivity contribution in [3.8, 4) is 11.5 Å². The summed E-state index contributed by atoms with van der Waals surface area (Å²) in [6.45, 7) is 7.17. The summed E-state index contributed by atoms with van der Waals surface area (Å²) >= 11 is 0. The second-order valence-corrected chi connectivity index (χ2v) is 10.7. The molecule has 2 fully saturated rings. The molecule has 2 aromatic carbocycles. The van der Waals surface area contributed by atoms with Gasteiger partial charge in [0, 0.05) is 18.2 Å². The first kappa shape index (κ1) is 21.1. The van der Waals surface area contributed by atoms with Gasteiger partial charge in [-0.15, -0.1) is 6.58 Å². The lowest BCUT2D eigenvalue weighted by atomic mass is 9.48. The number of ether oxygens (including phenoxy) is 1. The molecule has 1 saturated carbocycles. The molecule has 0 aromatic heterocycles. The third-order valence-electron chi connectivity index (χ3n) is 9.39. The number of phenols is 1. The number of hydrogen-bond acceptors (Lipinski definition) is 6. The van der Waals surface area contributed by atoms with Crippen molar-refractivity contribution < 1.29 is 24.5 Å². The van der Waals surface area contributed by atoms with Crippen LogP contribution in [0.5, 0.6) is 11.5 Å². The molecule has 2 bridgehead atoms. The van der Waals surface area contributed by atoms with Gasteiger partial charge in [-0.25, -0.2) is 0 Å². The van der Waals surface area contributed by atoms with Gasteiger partial charge in [0.25, 0.3) is 11.8 Å². The van der Waals surface area contributed by atoms with Gasteiger partial charge >= 0.3 is 0 Å². The number of hydrogen-bond donors (Lipinski definition) is 2. The summed E-state index contributed by atoms with van der Waals surface area (Å²) in [5.41, 5.74) is 1.69. The zero-order valence-corrected chi connectivity index (χ0v) is 19.7. The molecule has 3 heterocycles. The lowest BCUT2D eigenvalue weighted by Gasteiger charge is -2.64. The fourth-order valence-corrected chi connectivity index (χ4v) is 8.03. The Kier molecular flexibility index (Phi) is 4.07. The molecule has 0 unspecified atom stereocenters. The van der Waals surface area contributed by atoms with E-state index in [1.165, 1.54) is 4.90 Å². The number of benzene rings is 2. The highest BCUT2D eigenvalue weighted by atomic mass is 16.5. The van der Waals surface area contributed by atoms with Crippen LogP contribution < -0.4 is 4.74 Å². The molecular formula is C28H28N2O5. The SMILES string of the molecule is C=CCN1CC[C@]23c4c5ccc(O)c4O[C@H]2[C@H](N2C(=O)c4cccc(C)c4C2=O)CC[C@@]3(O)[C@H]1C5. The molecule has 5 aliphatic rings. The molecule has 35 heavy (non-hydrogen) atoms. The van der Waals surface area contributed by atoms with Gasteiger partial charge in [0.05, 0.1) is 28.2 Å². The van der Waals surface area contributed by atoms with E-state index in [1.54, 1.807) is 18.2 Å². The first-order valence-corrected chi connectivity index (χ1v) is 12.4. The number of amides is 2. The number of likely N-dealkylation sites (tertiary alicyclic amines) is 1. The summed E-state index contributed by atoms with van der Waals surface area (Å²) in [7, 11) is 0. The van der Waals surface area contributed by atoms with Crippen LogP contribution in [0, 0.1) is 6.92 Å². The van der Waals surface area contributed by atoms with E-state index in [4.69, 9.17) is 4.74 Å². The van der Waals surface area contributed by atoms with Crippen LogP contribution in [0.3, 0.4) is 0 Å². The minimum Gasteiger partial charge on any atom is -0.504 e. The van der Waals surface area contributed by atoms with Crippen molar-refractivity contribution in [2.75, 3.05) is 13.1 Å². The number of phenolic OH excluding ortho intramolecular Hbond substituents is 1. The van der Waals surface area contributed by atoms with Gasteiger partial charge in [-0.1, -0.05) is 24.3 Å². The van der Waals surface area contributed by atoms with E-state index in [9.17, 15) is 19.8 Å². The lowest BCUT2D eigenvalue weighted by Crippen LogP contribution is -2.78. The maximum absolute atomic E-state index is 13.6. The maximum atomic E-state index is 13.6. The van der Waals surface area contributed by atoms with E-state index >= 15 is 0 Å². The van der Waals surface area contributed by atoms with Gasteiger partial charge in [0.15, 0.2) is 11.5 Å². The predicted molar refractivity (Wildman–Crippen MR) is 128 cm³/mol. The lowest BCUT2D eigenvalue weighted by molar-refractivity contribution is -0.194. The van der Waals surface area contributed by atoms with Crippen LogP contribution in [0.1, 0.15) is 56.7 Å². The van der Waals surface area contributed by atoms with Gasteiger partial charge in [-0.3, -0.25) is 19.4 Å². The number of carbonyl (C=O) groups excluding carboxylic acids is 2. The number of piperidine rings is 1. The molecule has 2 amide bonds. The second-order valence-electron chi connectivity index (χ2n) is 10.7. The highest BCUT2D eigenvalue weighted by Crippen LogP contribution is 2.66. The first-order valence-electron chi connectivity index (χ1n) is 12.4. The van der Waals surface area contributed by atoms with E-state index < -0.39 is 23.2 Å². The molecule has 3 aliphatic heterocycles. The molecule has 180 valence electrons. The topological polar surface area (TPSA) is 90.3 Å². The van der Waals surface area contributed by atoms with Gasteiger partial charge in [-0.2, -0.15) is 0 Å². The van der Waals surface area contributed by atoms with Crippen LogP contribution in [-0.4, -0.2) is 68.7 Å². The van der Waals surface area contributed by atoms with E-state index in [1.807, 2.05) is 25.1 Å². The molecule has 2 N–H and O–H groups in total. The summed E-state index contributed by atoms with van der Waals surface area (Å²) in [4.78, 5) is 30.8. The minimum atomic E-state index is -1.10. The van der Waals surface area contributed by atoms with Crippen molar-refractivity contribution in [2.24, 2.45) is 0 Å². The monoisotopic (exact) mass is 472 g/mol. The summed E-state index contributed by atoms with van der Waals surface area (Å²) in [6, 6.07) is 8.27. The Morgan fingerprint density at radius 1 is 1.20 bits per heavy atom. The fraction of sp³-hybridized carbons (Fsp3) is 0.429. The van der Waals surface area contributed by atoms with Crippen LogP contribution in [0.15, 0.2) is 43.0 Å². The van der Waals surface area contributed by atoms with Gasteiger partial charge < -0.3 is 14.9 Å². The third-order valence-corrected chi connectivity index (χ3v) is 9.39. The zero-order valence-electron chi connectivity index (χ0n) is 19.7. The summed E-state index contributed by atoms with van der Waals surface area (Å²) in [5.74, 6) is -0.156. The molecule has 1 saturated heterocycles. The highest BCUT2D eigenvalue weighted by Gasteiger charge is 2.74. The first-order chi connectivity index (χ1) is 16.8. The average molecular weight is 473 g/mol. The highest BCUT2D eigenvalue weighted by molar-refractivity contribution is 6.22. The predicted octanol–water partition coefficient (Wildman–Crippen LogP) is 2.71. The minimum absolute atomic E-state index is 0.0406. The van der Waals surface area contributed by atoms with Crippen LogP contribution in [-0.2, 0) is 11.8 Å². The molecular weight excluding hydrogens is 444 g/mol. The Labute approximate surface area is 203 Å². The zero-order chi connectivity index (χ0) is 24.3. The Hall–Kier alpha value is -3.16. The van der Waals surface area contributed by atoms with Crippen LogP contribution in [0.4, 0.5) is 0 Å². The number of aromatic hydroxyl groups is 1. The summed E-state index contributed by atoms with van der Waals surface area (Å²) in [5, 5.41) is 23.3. The Balaban J connectivity index is 1.40. The molecule has 5 atom stereocenters. The number of aliphatic hydroxyl groups is 1. The average Bonchev–Trinajstić information content (AvgIpc) is 3.31. The van der Waals surface area contributed by atoms with Crippen molar-refractivity contribution in [3.05, 3.63) is 70.8 Å². The van der Waals surface area contributed by atoms with E-state index in [0.717, 1.165) is 23.2 Å². The molecule has 7 heteroatoms. The largest absolute Gasteiger partial charge is 0.504 e. The van der Waals surface area contributed by atoms with Crippen molar-refractivity contribution in [2.45, 2.75) is 61.8 Å². The van der Waals surface area contributed by atoms with Crippen molar-refractivity contribution in [3.63, 3.8) is 0 Å². The van der Waals surface area contributed by atoms with E-state index in [2.05, 4.69) is 11.5 Å². The molecule has 0 radical (unpaired) electrons. The molecule has 7 rings (SSSR count). The normalized spacial score (nSPS) is 34.5. The van der Waals surface area contributed by atoms with Gasteiger partial charge in [-0.05, 0) is 62.4 Å². The maximum Gasteiger partial charge on any atom is 0.262 e. The Morgan fingerprint density at radius 2 is 2.03 bits per heavy atom. The fourth-order valence-electron chi connectivity index (χ4n) is 8.03. The molecule has 7 nitrogen and oxygen atoms in total. The van der Waals surface area contributed by atoms with Crippen molar-refractivity contribution in [1.29, 1.82) is 0 Å². The molecule has 2 aliphatic carbocycles. The number of aryl methyl sites for hydroxylation is 1. The third kappa shape index (κ3) is 2.29. The number of rotatable bonds is 3. The second kappa shape index (κ2) is 6.74. The van der Waals surface area contributed by atoms with Gasteiger partial charge in [0.2, 0.25) is 0 Å². The number of carbonyl (C=O) groups is 2. The molecule has 1 spiro atoms. The summed E-state index contributed by atoms with van der Waals surface area (Å²) < 4.78 is 6.53. The smallest absolute Gasteiger partial charge is 0.262 e. The van der Waals surface area contributed by atoms with Crippen LogP contribution in [0.25, 0.3) is 0 Å². The number of imide groups is 1. The quantitative estimate of drug-likeness (QED) is 0.528. The number of fused-ring (bicyclic) bond motifs is 1. The Morgan fingerprint density at radius 3 is 2.80 bits per heavy atom. The van der Waals surface area contributed by atoms with Crippen molar-refractivity contribution in [1.82, 2.24) is 9.80 Å². The van der Waals surface area contributed by atoms with E-state index in [-0.39, 0.29) is 23.6 Å². The van der Waals surface area contributed by atoms with Crippen LogP contribution >= 0.6 is 0 Å². The number of nitrogens with zero attached hydrogens (tertiary/aromatic N) is 2. The van der Waals surface area contributed by atoms with E-state index in [0.29, 0.717) is 49.1 Å². The standard InChI is InChI=1S/C28H28N2O5/c1-3-12-29-13-11-27-22-16-7-8-19(31)23(22)35-24(27)18(9-10-28(27,34)20(29)14-16)30-25(32)17-6-4-5-15(2)21(17)26(30)33/h3-8,18,20,24,31,34H,1,9-14H2,2H3/t18-,20-,24+,27+,28-/m1/s1. The summed E-state index contributed by atoms with van der Waals surface area (Å²) in [6.07, 6.45) is 3.39. The molecule has 2 aromatic rings. The van der Waals surface area contributed by atoms with Crippen LogP contribution in [0.2, 0.25) is 0 Å². The Bertz CT molecular complexity index is 1340. The van der Waals surface area contributed by atoms with Gasteiger partial charge in [0.1, 0.15) is 6.10 Å².